The summed E-state index contributed by atoms with van der Waals surface area (Å²) in [6.45, 7) is 0.578. The third-order valence-electron chi connectivity index (χ3n) is 6.92. The molecule has 2 saturated carbocycles. The van der Waals surface area contributed by atoms with E-state index in [1.54, 1.807) is 6.07 Å². The molecule has 6 nitrogen and oxygen atoms in total. The van der Waals surface area contributed by atoms with E-state index in [0.29, 0.717) is 36.2 Å². The normalized spacial score (nSPS) is 22.9. The molecule has 3 amide bonds. The fourth-order valence-electron chi connectivity index (χ4n) is 5.23. The molecule has 3 aliphatic rings. The third-order valence-corrected chi connectivity index (χ3v) is 6.92. The predicted octanol–water partition coefficient (Wildman–Crippen LogP) is 4.01. The summed E-state index contributed by atoms with van der Waals surface area (Å²) in [5.41, 5.74) is 1.21. The van der Waals surface area contributed by atoms with Crippen LogP contribution in [0.5, 0.6) is 0 Å². The highest BCUT2D eigenvalue weighted by Gasteiger charge is 2.42. The van der Waals surface area contributed by atoms with E-state index in [0.717, 1.165) is 38.5 Å². The topological polar surface area (TPSA) is 78.5 Å². The number of hydrogen-bond acceptors (Lipinski definition) is 3. The molecule has 2 fully saturated rings. The number of rotatable bonds is 5. The zero-order chi connectivity index (χ0) is 20.9. The molecule has 1 aromatic rings. The van der Waals surface area contributed by atoms with Gasteiger partial charge in [0.05, 0.1) is 11.4 Å². The lowest BCUT2D eigenvalue weighted by Gasteiger charge is -2.37. The Morgan fingerprint density at radius 3 is 2.27 bits per heavy atom. The Bertz CT molecular complexity index is 782. The first-order chi connectivity index (χ1) is 14.6. The van der Waals surface area contributed by atoms with Crippen LogP contribution in [0.4, 0.5) is 11.4 Å². The second-order valence-electron chi connectivity index (χ2n) is 9.13. The number of para-hydroxylation sites is 2. The van der Waals surface area contributed by atoms with Gasteiger partial charge in [0, 0.05) is 13.0 Å². The van der Waals surface area contributed by atoms with Gasteiger partial charge in [-0.25, -0.2) is 0 Å². The van der Waals surface area contributed by atoms with Crippen molar-refractivity contribution >= 4 is 29.1 Å². The van der Waals surface area contributed by atoms with Gasteiger partial charge < -0.3 is 10.6 Å². The van der Waals surface area contributed by atoms with Gasteiger partial charge in [0.1, 0.15) is 0 Å². The summed E-state index contributed by atoms with van der Waals surface area (Å²) < 4.78 is 0. The van der Waals surface area contributed by atoms with Crippen LogP contribution in [0.25, 0.3) is 0 Å². The molecule has 1 unspecified atom stereocenters. The SMILES string of the molecule is O=C(NCC1CCCCC1)C1C(=O)Nc2ccccc2N1C(=O)CC1CCCCC1. The van der Waals surface area contributed by atoms with Crippen LogP contribution >= 0.6 is 0 Å². The van der Waals surface area contributed by atoms with E-state index < -0.39 is 11.9 Å². The summed E-state index contributed by atoms with van der Waals surface area (Å²) >= 11 is 0. The fourth-order valence-corrected chi connectivity index (χ4v) is 5.23. The molecule has 1 heterocycles. The maximum atomic E-state index is 13.4. The molecule has 30 heavy (non-hydrogen) atoms. The fraction of sp³-hybridized carbons (Fsp3) is 0.625. The zero-order valence-corrected chi connectivity index (χ0v) is 17.7. The van der Waals surface area contributed by atoms with Crippen LogP contribution in [-0.4, -0.2) is 30.3 Å². The minimum absolute atomic E-state index is 0.123. The van der Waals surface area contributed by atoms with Crippen molar-refractivity contribution in [2.24, 2.45) is 11.8 Å². The molecule has 0 spiro atoms. The summed E-state index contributed by atoms with van der Waals surface area (Å²) in [6, 6.07) is 6.12. The van der Waals surface area contributed by atoms with Gasteiger partial charge in [-0.3, -0.25) is 19.3 Å². The van der Waals surface area contributed by atoms with Crippen molar-refractivity contribution in [2.75, 3.05) is 16.8 Å². The van der Waals surface area contributed by atoms with Crippen molar-refractivity contribution in [2.45, 2.75) is 76.7 Å². The predicted molar refractivity (Wildman–Crippen MR) is 117 cm³/mol. The molecule has 1 atom stereocenters. The lowest BCUT2D eigenvalue weighted by atomic mass is 9.86. The number of hydrogen-bond donors (Lipinski definition) is 2. The molecule has 1 aliphatic heterocycles. The Morgan fingerprint density at radius 1 is 0.933 bits per heavy atom. The van der Waals surface area contributed by atoms with Crippen LogP contribution in [0, 0.1) is 11.8 Å². The van der Waals surface area contributed by atoms with E-state index >= 15 is 0 Å². The summed E-state index contributed by atoms with van der Waals surface area (Å²) in [6.07, 6.45) is 11.9. The highest BCUT2D eigenvalue weighted by molar-refractivity contribution is 6.21. The quantitative estimate of drug-likeness (QED) is 0.719. The Kier molecular flexibility index (Phi) is 6.70. The minimum Gasteiger partial charge on any atom is -0.354 e. The minimum atomic E-state index is -1.14. The molecule has 6 heteroatoms. The van der Waals surface area contributed by atoms with Gasteiger partial charge in [0.25, 0.3) is 11.8 Å². The smallest absolute Gasteiger partial charge is 0.257 e. The second-order valence-corrected chi connectivity index (χ2v) is 9.13. The van der Waals surface area contributed by atoms with Gasteiger partial charge in [0.2, 0.25) is 5.91 Å². The number of amides is 3. The average molecular weight is 412 g/mol. The van der Waals surface area contributed by atoms with Crippen molar-refractivity contribution in [1.29, 1.82) is 0 Å². The molecule has 4 rings (SSSR count). The van der Waals surface area contributed by atoms with Crippen LogP contribution < -0.4 is 15.5 Å². The van der Waals surface area contributed by atoms with E-state index in [-0.39, 0.29) is 11.8 Å². The van der Waals surface area contributed by atoms with Gasteiger partial charge in [-0.1, -0.05) is 50.7 Å². The molecule has 0 radical (unpaired) electrons. The largest absolute Gasteiger partial charge is 0.354 e. The van der Waals surface area contributed by atoms with Crippen LogP contribution in [0.3, 0.4) is 0 Å². The van der Waals surface area contributed by atoms with E-state index in [1.807, 2.05) is 18.2 Å². The van der Waals surface area contributed by atoms with Crippen molar-refractivity contribution in [3.8, 4) is 0 Å². The van der Waals surface area contributed by atoms with E-state index in [1.165, 1.54) is 30.6 Å². The highest BCUT2D eigenvalue weighted by Crippen LogP contribution is 2.34. The monoisotopic (exact) mass is 411 g/mol. The molecule has 2 N–H and O–H groups in total. The van der Waals surface area contributed by atoms with Crippen LogP contribution in [-0.2, 0) is 14.4 Å². The van der Waals surface area contributed by atoms with E-state index in [2.05, 4.69) is 10.6 Å². The standard InChI is InChI=1S/C24H33N3O3/c28-21(15-17-9-3-1-4-10-17)27-20-14-8-7-13-19(20)26-24(30)22(27)23(29)25-16-18-11-5-2-6-12-18/h7-8,13-14,17-18,22H,1-6,9-12,15-16H2,(H,25,29)(H,26,30). The van der Waals surface area contributed by atoms with Gasteiger partial charge in [0.15, 0.2) is 6.04 Å². The number of carbonyl (C=O) groups is 3. The summed E-state index contributed by atoms with van der Waals surface area (Å²) in [5, 5.41) is 5.80. The van der Waals surface area contributed by atoms with Crippen LogP contribution in [0.2, 0.25) is 0 Å². The van der Waals surface area contributed by atoms with Gasteiger partial charge >= 0.3 is 0 Å². The van der Waals surface area contributed by atoms with Crippen molar-refractivity contribution in [1.82, 2.24) is 5.32 Å². The summed E-state index contributed by atoms with van der Waals surface area (Å²) in [4.78, 5) is 40.8. The van der Waals surface area contributed by atoms with Crippen molar-refractivity contribution < 1.29 is 14.4 Å². The lowest BCUT2D eigenvalue weighted by Crippen LogP contribution is -2.59. The molecular formula is C24H33N3O3. The number of carbonyl (C=O) groups excluding carboxylic acids is 3. The third kappa shape index (κ3) is 4.68. The Hall–Kier alpha value is -2.37. The highest BCUT2D eigenvalue weighted by atomic mass is 16.2. The number of benzene rings is 1. The first-order valence-corrected chi connectivity index (χ1v) is 11.6. The number of nitrogens with zero attached hydrogens (tertiary/aromatic N) is 1. The van der Waals surface area contributed by atoms with Crippen LogP contribution in [0.1, 0.15) is 70.6 Å². The average Bonchev–Trinajstić information content (AvgIpc) is 2.78. The molecule has 0 saturated heterocycles. The summed E-state index contributed by atoms with van der Waals surface area (Å²) in [7, 11) is 0. The van der Waals surface area contributed by atoms with Crippen LogP contribution in [0.15, 0.2) is 24.3 Å². The Balaban J connectivity index is 1.52. The molecule has 162 valence electrons. The molecular weight excluding hydrogens is 378 g/mol. The zero-order valence-electron chi connectivity index (χ0n) is 17.7. The van der Waals surface area contributed by atoms with Crippen molar-refractivity contribution in [3.05, 3.63) is 24.3 Å². The Labute approximate surface area is 178 Å². The first kappa shape index (κ1) is 20.9. The summed E-state index contributed by atoms with van der Waals surface area (Å²) in [5.74, 6) is -0.110. The number of anilines is 2. The first-order valence-electron chi connectivity index (χ1n) is 11.6. The van der Waals surface area contributed by atoms with Gasteiger partial charge in [-0.15, -0.1) is 0 Å². The second kappa shape index (κ2) is 9.63. The molecule has 1 aromatic carbocycles. The van der Waals surface area contributed by atoms with E-state index in [4.69, 9.17) is 0 Å². The molecule has 0 bridgehead atoms. The van der Waals surface area contributed by atoms with E-state index in [9.17, 15) is 14.4 Å². The van der Waals surface area contributed by atoms with Gasteiger partial charge in [-0.2, -0.15) is 0 Å². The lowest BCUT2D eigenvalue weighted by molar-refractivity contribution is -0.133. The maximum absolute atomic E-state index is 13.4. The Morgan fingerprint density at radius 2 is 1.57 bits per heavy atom. The van der Waals surface area contributed by atoms with Gasteiger partial charge in [-0.05, 0) is 49.7 Å². The number of fused-ring (bicyclic) bond motifs is 1. The number of nitrogens with one attached hydrogen (secondary N) is 2. The molecule has 0 aromatic heterocycles. The van der Waals surface area contributed by atoms with Crippen molar-refractivity contribution in [3.63, 3.8) is 0 Å². The molecule has 2 aliphatic carbocycles. The maximum Gasteiger partial charge on any atom is 0.257 e.